The third-order valence-corrected chi connectivity index (χ3v) is 6.48. The predicted octanol–water partition coefficient (Wildman–Crippen LogP) is 7.21. The zero-order chi connectivity index (χ0) is 21.8. The van der Waals surface area contributed by atoms with Crippen LogP contribution in [-0.4, -0.2) is 31.6 Å². The summed E-state index contributed by atoms with van der Waals surface area (Å²) in [7, 11) is 1.71. The summed E-state index contributed by atoms with van der Waals surface area (Å²) < 4.78 is 5.33. The molecule has 1 heterocycles. The Morgan fingerprint density at radius 1 is 0.818 bits per heavy atom. The van der Waals surface area contributed by atoms with Gasteiger partial charge in [-0.2, -0.15) is 0 Å². The van der Waals surface area contributed by atoms with Crippen LogP contribution < -0.4 is 4.74 Å². The van der Waals surface area contributed by atoms with Gasteiger partial charge in [-0.1, -0.05) is 90.5 Å². The fourth-order valence-electron chi connectivity index (χ4n) is 4.78. The van der Waals surface area contributed by atoms with Gasteiger partial charge in [0, 0.05) is 19.6 Å². The number of nitrogens with zero attached hydrogens (tertiary/aromatic N) is 1. The summed E-state index contributed by atoms with van der Waals surface area (Å²) >= 11 is 0. The van der Waals surface area contributed by atoms with Crippen molar-refractivity contribution in [3.8, 4) is 5.75 Å². The molecule has 33 heavy (non-hydrogen) atoms. The Hall–Kier alpha value is -3.07. The lowest BCUT2D eigenvalue weighted by Crippen LogP contribution is -2.31. The number of fused-ring (bicyclic) bond motifs is 2. The molecule has 0 atom stereocenters. The molecule has 0 bridgehead atoms. The molecule has 168 valence electrons. The van der Waals surface area contributed by atoms with Crippen LogP contribution in [0.3, 0.4) is 0 Å². The minimum Gasteiger partial charge on any atom is -0.497 e. The van der Waals surface area contributed by atoms with Crippen LogP contribution in [0, 0.1) is 0 Å². The standard InChI is InChI=1S/C30H29NO.ClH/c1-32-27-12-6-8-23(22-27)9-7-19-31-20-17-26(18-21-31)30-28-13-4-2-10-24(28)15-16-25-11-3-5-14-29(25)30;/h2-16,22H,17-21H2,1H3;1H/b9-7+;. The van der Waals surface area contributed by atoms with Gasteiger partial charge < -0.3 is 4.74 Å². The van der Waals surface area contributed by atoms with Gasteiger partial charge in [0.1, 0.15) is 5.75 Å². The van der Waals surface area contributed by atoms with Crippen molar-refractivity contribution in [3.63, 3.8) is 0 Å². The molecule has 1 saturated heterocycles. The lowest BCUT2D eigenvalue weighted by Gasteiger charge is -2.29. The number of halogens is 1. The molecule has 2 nitrogen and oxygen atoms in total. The van der Waals surface area contributed by atoms with Crippen molar-refractivity contribution >= 4 is 36.2 Å². The molecule has 0 unspecified atom stereocenters. The molecule has 0 radical (unpaired) electrons. The number of benzene rings is 3. The predicted molar refractivity (Wildman–Crippen MR) is 143 cm³/mol. The van der Waals surface area contributed by atoms with E-state index in [2.05, 4.69) is 89.9 Å². The van der Waals surface area contributed by atoms with Crippen LogP contribution in [0.4, 0.5) is 0 Å². The van der Waals surface area contributed by atoms with E-state index in [1.165, 1.54) is 33.4 Å². The van der Waals surface area contributed by atoms with Crippen LogP contribution in [0.25, 0.3) is 23.8 Å². The second-order valence-corrected chi connectivity index (χ2v) is 8.47. The van der Waals surface area contributed by atoms with E-state index in [1.54, 1.807) is 12.7 Å². The van der Waals surface area contributed by atoms with Crippen LogP contribution in [0.2, 0.25) is 0 Å². The molecule has 0 amide bonds. The van der Waals surface area contributed by atoms with Gasteiger partial charge in [-0.3, -0.25) is 4.90 Å². The van der Waals surface area contributed by atoms with Crippen LogP contribution in [0.1, 0.15) is 40.7 Å². The molecule has 5 rings (SSSR count). The lowest BCUT2D eigenvalue weighted by molar-refractivity contribution is 0.284. The third kappa shape index (κ3) is 5.13. The summed E-state index contributed by atoms with van der Waals surface area (Å²) in [6.07, 6.45) is 11.2. The van der Waals surface area contributed by atoms with Crippen LogP contribution >= 0.6 is 12.4 Å². The molecule has 1 aliphatic carbocycles. The van der Waals surface area contributed by atoms with Gasteiger partial charge in [0.25, 0.3) is 0 Å². The zero-order valence-corrected chi connectivity index (χ0v) is 19.9. The van der Waals surface area contributed by atoms with Crippen LogP contribution in [-0.2, 0) is 0 Å². The van der Waals surface area contributed by atoms with E-state index in [0.717, 1.165) is 38.2 Å². The van der Waals surface area contributed by atoms with Crippen molar-refractivity contribution in [2.45, 2.75) is 12.8 Å². The van der Waals surface area contributed by atoms with E-state index < -0.39 is 0 Å². The monoisotopic (exact) mass is 455 g/mol. The smallest absolute Gasteiger partial charge is 0.119 e. The Morgan fingerprint density at radius 3 is 2.09 bits per heavy atom. The summed E-state index contributed by atoms with van der Waals surface area (Å²) in [5, 5.41) is 0. The van der Waals surface area contributed by atoms with Gasteiger partial charge in [0.15, 0.2) is 0 Å². The molecule has 2 aliphatic rings. The molecular formula is C30H30ClNO. The van der Waals surface area contributed by atoms with Gasteiger partial charge in [-0.25, -0.2) is 0 Å². The molecular weight excluding hydrogens is 426 g/mol. The van der Waals surface area contributed by atoms with Gasteiger partial charge in [0.2, 0.25) is 0 Å². The highest BCUT2D eigenvalue weighted by molar-refractivity contribution is 5.94. The fourth-order valence-corrected chi connectivity index (χ4v) is 4.78. The van der Waals surface area contributed by atoms with Crippen LogP contribution in [0.5, 0.6) is 5.75 Å². The molecule has 0 saturated carbocycles. The van der Waals surface area contributed by atoms with Crippen molar-refractivity contribution in [3.05, 3.63) is 112 Å². The van der Waals surface area contributed by atoms with Crippen molar-refractivity contribution in [1.29, 1.82) is 0 Å². The first-order valence-corrected chi connectivity index (χ1v) is 11.4. The Kier molecular flexibility index (Phi) is 7.49. The fraction of sp³-hybridized carbons (Fsp3) is 0.200. The summed E-state index contributed by atoms with van der Waals surface area (Å²) in [5.41, 5.74) is 9.59. The highest BCUT2D eigenvalue weighted by atomic mass is 35.5. The average molecular weight is 456 g/mol. The van der Waals surface area contributed by atoms with E-state index in [4.69, 9.17) is 4.74 Å². The summed E-state index contributed by atoms with van der Waals surface area (Å²) in [4.78, 5) is 2.55. The maximum atomic E-state index is 5.33. The Labute approximate surface area is 203 Å². The summed E-state index contributed by atoms with van der Waals surface area (Å²) in [6.45, 7) is 3.17. The Morgan fingerprint density at radius 2 is 1.45 bits per heavy atom. The molecule has 3 heteroatoms. The number of hydrogen-bond donors (Lipinski definition) is 0. The highest BCUT2D eigenvalue weighted by Gasteiger charge is 2.21. The van der Waals surface area contributed by atoms with E-state index in [-0.39, 0.29) is 12.4 Å². The van der Waals surface area contributed by atoms with Crippen molar-refractivity contribution in [1.82, 2.24) is 4.90 Å². The van der Waals surface area contributed by atoms with Gasteiger partial charge in [-0.05, 0) is 58.4 Å². The van der Waals surface area contributed by atoms with E-state index in [0.29, 0.717) is 0 Å². The SMILES string of the molecule is COc1cccc(/C=C/CN2CCC(=C3c4ccccc4C=Cc4ccccc43)CC2)c1.Cl. The van der Waals surface area contributed by atoms with Gasteiger partial charge in [-0.15, -0.1) is 12.4 Å². The molecule has 0 spiro atoms. The Balaban J connectivity index is 0.00000259. The number of hydrogen-bond acceptors (Lipinski definition) is 2. The van der Waals surface area contributed by atoms with Gasteiger partial charge >= 0.3 is 0 Å². The largest absolute Gasteiger partial charge is 0.497 e. The zero-order valence-electron chi connectivity index (χ0n) is 19.0. The highest BCUT2D eigenvalue weighted by Crippen LogP contribution is 2.38. The maximum Gasteiger partial charge on any atom is 0.119 e. The number of methoxy groups -OCH3 is 1. The number of piperidine rings is 1. The van der Waals surface area contributed by atoms with Gasteiger partial charge in [0.05, 0.1) is 7.11 Å². The maximum absolute atomic E-state index is 5.33. The van der Waals surface area contributed by atoms with Crippen molar-refractivity contribution in [2.75, 3.05) is 26.7 Å². The van der Waals surface area contributed by atoms with Crippen molar-refractivity contribution < 1.29 is 4.74 Å². The first-order valence-electron chi connectivity index (χ1n) is 11.4. The summed E-state index contributed by atoms with van der Waals surface area (Å²) in [6, 6.07) is 25.9. The lowest BCUT2D eigenvalue weighted by atomic mass is 9.86. The van der Waals surface area contributed by atoms with Crippen LogP contribution in [0.15, 0.2) is 84.4 Å². The first-order chi connectivity index (χ1) is 15.8. The first kappa shape index (κ1) is 23.1. The van der Waals surface area contributed by atoms with E-state index in [9.17, 15) is 0 Å². The quantitative estimate of drug-likeness (QED) is 0.322. The molecule has 3 aromatic carbocycles. The Bertz CT molecular complexity index is 1150. The number of ether oxygens (including phenoxy) is 1. The van der Waals surface area contributed by atoms with Crippen molar-refractivity contribution in [2.24, 2.45) is 0 Å². The number of rotatable bonds is 4. The second-order valence-electron chi connectivity index (χ2n) is 8.47. The minimum absolute atomic E-state index is 0. The topological polar surface area (TPSA) is 12.5 Å². The molecule has 1 aliphatic heterocycles. The molecule has 0 N–H and O–H groups in total. The third-order valence-electron chi connectivity index (χ3n) is 6.48. The molecule has 0 aromatic heterocycles. The van der Waals surface area contributed by atoms with E-state index >= 15 is 0 Å². The number of likely N-dealkylation sites (tertiary alicyclic amines) is 1. The second kappa shape index (κ2) is 10.7. The normalized spacial score (nSPS) is 15.5. The minimum atomic E-state index is 0. The summed E-state index contributed by atoms with van der Waals surface area (Å²) in [5.74, 6) is 0.903. The molecule has 1 fully saturated rings. The van der Waals surface area contributed by atoms with E-state index in [1.807, 2.05) is 12.1 Å². The molecule has 3 aromatic rings. The average Bonchev–Trinajstić information content (AvgIpc) is 3.02.